The molecule has 4 aromatic rings. The lowest BCUT2D eigenvalue weighted by atomic mass is 10.1. The first kappa shape index (κ1) is 16.7. The first-order chi connectivity index (χ1) is 13.2. The topological polar surface area (TPSA) is 94.1 Å². The van der Waals surface area contributed by atoms with Crippen LogP contribution in [0.15, 0.2) is 77.9 Å². The Hall–Kier alpha value is -3.80. The molecular formula is C21H17N5O. The number of nitrogens with zero attached hydrogens (tertiary/aromatic N) is 2. The Kier molecular flexibility index (Phi) is 4.22. The summed E-state index contributed by atoms with van der Waals surface area (Å²) in [6.07, 6.45) is 0. The molecule has 6 nitrogen and oxygen atoms in total. The van der Waals surface area contributed by atoms with Crippen molar-refractivity contribution in [2.24, 2.45) is 5.11 Å². The average Bonchev–Trinajstić information content (AvgIpc) is 3.01. The number of aromatic nitrogens is 1. The van der Waals surface area contributed by atoms with E-state index in [1.165, 1.54) is 0 Å². The van der Waals surface area contributed by atoms with Crippen molar-refractivity contribution in [3.05, 3.63) is 78.4 Å². The third-order valence-corrected chi connectivity index (χ3v) is 4.52. The second-order valence-electron chi connectivity index (χ2n) is 6.21. The third kappa shape index (κ3) is 3.08. The Morgan fingerprint density at radius 1 is 0.926 bits per heavy atom. The van der Waals surface area contributed by atoms with Crippen LogP contribution < -0.4 is 5.32 Å². The van der Waals surface area contributed by atoms with Crippen molar-refractivity contribution in [3.63, 3.8) is 0 Å². The van der Waals surface area contributed by atoms with Crippen molar-refractivity contribution in [1.82, 2.24) is 4.57 Å². The lowest BCUT2D eigenvalue weighted by molar-refractivity contribution is -0.116. The minimum absolute atomic E-state index is 0.0875. The van der Waals surface area contributed by atoms with Gasteiger partial charge in [-0.05, 0) is 36.4 Å². The summed E-state index contributed by atoms with van der Waals surface area (Å²) >= 11 is 0. The second kappa shape index (κ2) is 6.84. The van der Waals surface area contributed by atoms with Gasteiger partial charge in [0.25, 0.3) is 0 Å². The minimum Gasteiger partial charge on any atom is -0.331 e. The molecule has 0 radical (unpaired) electrons. The second-order valence-corrected chi connectivity index (χ2v) is 6.21. The van der Waals surface area contributed by atoms with Crippen LogP contribution in [0.1, 0.15) is 5.56 Å². The van der Waals surface area contributed by atoms with Crippen molar-refractivity contribution in [3.8, 4) is 0 Å². The summed E-state index contributed by atoms with van der Waals surface area (Å²) in [4.78, 5) is 12.6. The highest BCUT2D eigenvalue weighted by atomic mass is 16.1. The van der Waals surface area contributed by atoms with Gasteiger partial charge in [0.15, 0.2) is 5.84 Å². The fourth-order valence-electron chi connectivity index (χ4n) is 3.30. The van der Waals surface area contributed by atoms with Crippen LogP contribution in [0.25, 0.3) is 21.8 Å². The van der Waals surface area contributed by atoms with Crippen LogP contribution in [0.3, 0.4) is 0 Å². The van der Waals surface area contributed by atoms with Gasteiger partial charge in [-0.2, -0.15) is 0 Å². The van der Waals surface area contributed by atoms with Crippen molar-refractivity contribution in [2.75, 3.05) is 5.32 Å². The molecule has 6 heteroatoms. The first-order valence-corrected chi connectivity index (χ1v) is 8.49. The number of anilines is 1. The molecule has 1 aromatic heterocycles. The molecule has 1 heterocycles. The van der Waals surface area contributed by atoms with E-state index in [-0.39, 0.29) is 18.3 Å². The Labute approximate surface area is 155 Å². The zero-order valence-electron chi connectivity index (χ0n) is 14.4. The number of carbonyl (C=O) groups excluding carboxylic acids is 1. The van der Waals surface area contributed by atoms with Gasteiger partial charge < -0.3 is 9.88 Å². The van der Waals surface area contributed by atoms with Gasteiger partial charge in [0, 0.05) is 33.1 Å². The third-order valence-electron chi connectivity index (χ3n) is 4.52. The number of para-hydroxylation sites is 2. The monoisotopic (exact) mass is 355 g/mol. The molecule has 0 unspecified atom stereocenters. The fourth-order valence-corrected chi connectivity index (χ4v) is 3.30. The summed E-state index contributed by atoms with van der Waals surface area (Å²) in [6, 6.07) is 22.7. The predicted molar refractivity (Wildman–Crippen MR) is 106 cm³/mol. The van der Waals surface area contributed by atoms with E-state index >= 15 is 0 Å². The summed E-state index contributed by atoms with van der Waals surface area (Å²) in [5, 5.41) is 15.8. The smallest absolute Gasteiger partial charge is 0.244 e. The van der Waals surface area contributed by atoms with Gasteiger partial charge in [-0.1, -0.05) is 36.4 Å². The van der Waals surface area contributed by atoms with E-state index in [0.29, 0.717) is 5.56 Å². The molecule has 0 aliphatic heterocycles. The van der Waals surface area contributed by atoms with E-state index in [2.05, 4.69) is 10.4 Å². The van der Waals surface area contributed by atoms with Gasteiger partial charge in [0.1, 0.15) is 6.54 Å². The zero-order chi connectivity index (χ0) is 18.8. The lowest BCUT2D eigenvalue weighted by Crippen LogP contribution is -2.18. The lowest BCUT2D eigenvalue weighted by Gasteiger charge is -2.09. The number of hydrogen-bond donors (Lipinski definition) is 3. The van der Waals surface area contributed by atoms with E-state index in [1.54, 1.807) is 6.07 Å². The van der Waals surface area contributed by atoms with Crippen molar-refractivity contribution in [1.29, 1.82) is 10.9 Å². The van der Waals surface area contributed by atoms with E-state index < -0.39 is 0 Å². The number of nitrogens with one attached hydrogen (secondary N) is 3. The molecule has 0 fully saturated rings. The summed E-state index contributed by atoms with van der Waals surface area (Å²) in [7, 11) is 0. The summed E-state index contributed by atoms with van der Waals surface area (Å²) < 4.78 is 1.97. The number of amidine groups is 1. The maximum atomic E-state index is 12.6. The molecule has 0 atom stereocenters. The van der Waals surface area contributed by atoms with Crippen LogP contribution in [0, 0.1) is 10.9 Å². The Bertz CT molecular complexity index is 1180. The van der Waals surface area contributed by atoms with Crippen LogP contribution in [-0.4, -0.2) is 16.3 Å². The number of benzene rings is 3. The van der Waals surface area contributed by atoms with Crippen molar-refractivity contribution in [2.45, 2.75) is 6.54 Å². The highest BCUT2D eigenvalue weighted by molar-refractivity contribution is 6.11. The van der Waals surface area contributed by atoms with Gasteiger partial charge in [0.05, 0.1) is 0 Å². The van der Waals surface area contributed by atoms with Crippen LogP contribution in [-0.2, 0) is 11.3 Å². The quantitative estimate of drug-likeness (QED) is 0.274. The Balaban J connectivity index is 1.78. The highest BCUT2D eigenvalue weighted by Crippen LogP contribution is 2.30. The summed E-state index contributed by atoms with van der Waals surface area (Å²) in [5.74, 6) is -0.197. The predicted octanol–water partition coefficient (Wildman–Crippen LogP) is 4.79. The molecule has 0 saturated carbocycles. The Morgan fingerprint density at radius 3 is 2.41 bits per heavy atom. The van der Waals surface area contributed by atoms with E-state index in [9.17, 15) is 4.79 Å². The van der Waals surface area contributed by atoms with Crippen LogP contribution in [0.5, 0.6) is 0 Å². The van der Waals surface area contributed by atoms with Gasteiger partial charge in [-0.25, -0.2) is 5.53 Å². The normalized spacial score (nSPS) is 10.8. The number of hydrogen-bond acceptors (Lipinski definition) is 3. The minimum atomic E-state index is -0.109. The molecule has 0 saturated heterocycles. The first-order valence-electron chi connectivity index (χ1n) is 8.49. The van der Waals surface area contributed by atoms with Gasteiger partial charge in [-0.3, -0.25) is 10.2 Å². The van der Waals surface area contributed by atoms with Gasteiger partial charge in [0.2, 0.25) is 5.91 Å². The van der Waals surface area contributed by atoms with Crippen LogP contribution in [0.2, 0.25) is 0 Å². The molecule has 3 aromatic carbocycles. The fraction of sp³-hybridized carbons (Fsp3) is 0.0476. The van der Waals surface area contributed by atoms with Crippen molar-refractivity contribution < 1.29 is 4.79 Å². The zero-order valence-corrected chi connectivity index (χ0v) is 14.4. The van der Waals surface area contributed by atoms with Gasteiger partial charge >= 0.3 is 0 Å². The molecule has 0 bridgehead atoms. The molecule has 4 rings (SSSR count). The number of amides is 1. The maximum absolute atomic E-state index is 12.6. The summed E-state index contributed by atoms with van der Waals surface area (Å²) in [6.45, 7) is 0.179. The number of fused-ring (bicyclic) bond motifs is 3. The van der Waals surface area contributed by atoms with E-state index in [0.717, 1.165) is 27.5 Å². The SMILES string of the molecule is N=NC(=N)c1ccc2c(c1)c1ccccc1n2CC(=O)Nc1ccccc1. The standard InChI is InChI=1S/C21H17N5O/c22-21(25-23)14-10-11-19-17(12-14)16-8-4-5-9-18(16)26(19)13-20(27)24-15-6-2-1-3-7-15/h1-12,22-23H,13H2,(H,24,27). The average molecular weight is 355 g/mol. The largest absolute Gasteiger partial charge is 0.331 e. The molecule has 132 valence electrons. The van der Waals surface area contributed by atoms with E-state index in [1.807, 2.05) is 71.3 Å². The van der Waals surface area contributed by atoms with Gasteiger partial charge in [-0.15, -0.1) is 5.11 Å². The van der Waals surface area contributed by atoms with Crippen LogP contribution >= 0.6 is 0 Å². The molecule has 0 aliphatic rings. The molecule has 0 spiro atoms. The van der Waals surface area contributed by atoms with Crippen LogP contribution in [0.4, 0.5) is 5.69 Å². The molecular weight excluding hydrogens is 338 g/mol. The van der Waals surface area contributed by atoms with Crippen molar-refractivity contribution >= 4 is 39.2 Å². The molecule has 27 heavy (non-hydrogen) atoms. The molecule has 0 aliphatic carbocycles. The maximum Gasteiger partial charge on any atom is 0.244 e. The molecule has 1 amide bonds. The number of carbonyl (C=O) groups is 1. The highest BCUT2D eigenvalue weighted by Gasteiger charge is 2.14. The van der Waals surface area contributed by atoms with E-state index in [4.69, 9.17) is 10.9 Å². The number of rotatable bonds is 4. The summed E-state index contributed by atoms with van der Waals surface area (Å²) in [5.41, 5.74) is 10.3. The molecule has 3 N–H and O–H groups in total. The Morgan fingerprint density at radius 2 is 1.63 bits per heavy atom.